The standard InChI is InChI=1S/C38H43N9O5.C31H36FN9O2/c1-26-23-46(33-12-7-28(22-41-33)36-39-14-4-15-40-36)17-18-47(26)34(48)24-45-16-13-38(25-45,51-3)37(49)42-29-8-11-32-31(21-29)35(44-43-32)27-5-9-30(10-6-27)52-20-19-50-2;1-21-18-40(30-33-12-4-13-34-30)15-16-41(21)27(42)19-39-14-11-31(20-39,38(2)3)29(43)35-24-9-10-26-25(17-24)28(37-36-26)22-5-7-23(32)8-6-22/h4-12,14-15,21-22,26H,13,16-20,23-25H2,1-3H3,(H,42,49)(H,43,44);4-10,12-13,17,21H,11,14-16,18-20H2,1-3H3,(H,35,43)(H,36,37)/t26-,38+;21-,31?/m11/s1. The summed E-state index contributed by atoms with van der Waals surface area (Å²) >= 11 is 0. The number of fused-ring (bicyclic) bond motifs is 2. The highest BCUT2D eigenvalue weighted by molar-refractivity contribution is 6.03. The number of methoxy groups -OCH3 is 2. The number of aromatic nitrogens is 9. The molecule has 25 nitrogen and oxygen atoms in total. The first-order chi connectivity index (χ1) is 46.1. The molecule has 1 unspecified atom stereocenters. The van der Waals surface area contributed by atoms with Gasteiger partial charge in [-0.3, -0.25) is 44.1 Å². The number of likely N-dealkylation sites (tertiary alicyclic amines) is 2. The van der Waals surface area contributed by atoms with Crippen LogP contribution in [0.4, 0.5) is 27.5 Å². The van der Waals surface area contributed by atoms with Crippen molar-refractivity contribution in [1.29, 1.82) is 0 Å². The van der Waals surface area contributed by atoms with Crippen LogP contribution in [-0.4, -0.2) is 237 Å². The molecular formula is C69H79FN18O7. The van der Waals surface area contributed by atoms with Crippen molar-refractivity contribution < 1.29 is 37.8 Å². The van der Waals surface area contributed by atoms with E-state index in [-0.39, 0.29) is 54.6 Å². The molecule has 0 aliphatic carbocycles. The summed E-state index contributed by atoms with van der Waals surface area (Å²) in [5.74, 6) is 2.35. The fourth-order valence-electron chi connectivity index (χ4n) is 13.1. The van der Waals surface area contributed by atoms with Gasteiger partial charge in [-0.1, -0.05) is 0 Å². The Morgan fingerprint density at radius 2 is 1.16 bits per heavy atom. The number of amides is 4. The van der Waals surface area contributed by atoms with Crippen LogP contribution in [0.15, 0.2) is 140 Å². The maximum atomic E-state index is 13.8. The van der Waals surface area contributed by atoms with Crippen LogP contribution in [0.1, 0.15) is 26.7 Å². The second-order valence-electron chi connectivity index (χ2n) is 24.8. The number of carbonyl (C=O) groups excluding carboxylic acids is 4. The van der Waals surface area contributed by atoms with Crippen LogP contribution in [0.25, 0.3) is 55.7 Å². The van der Waals surface area contributed by atoms with Crippen molar-refractivity contribution in [2.45, 2.75) is 49.9 Å². The normalized spacial score (nSPS) is 20.1. The monoisotopic (exact) mass is 1290 g/mol. The van der Waals surface area contributed by atoms with Gasteiger partial charge in [0.15, 0.2) is 11.4 Å². The molecule has 4 saturated heterocycles. The summed E-state index contributed by atoms with van der Waals surface area (Å²) in [6.45, 7) is 11.4. The first-order valence-electron chi connectivity index (χ1n) is 31.9. The lowest BCUT2D eigenvalue weighted by molar-refractivity contribution is -0.138. The Morgan fingerprint density at radius 3 is 1.73 bits per heavy atom. The summed E-state index contributed by atoms with van der Waals surface area (Å²) in [4.78, 5) is 90.7. The van der Waals surface area contributed by atoms with Crippen LogP contribution in [0.2, 0.25) is 0 Å². The van der Waals surface area contributed by atoms with E-state index in [1.807, 2.05) is 113 Å². The Hall–Kier alpha value is -9.86. The van der Waals surface area contributed by atoms with Gasteiger partial charge in [0, 0.05) is 162 Å². The van der Waals surface area contributed by atoms with Crippen molar-refractivity contribution >= 4 is 68.6 Å². The van der Waals surface area contributed by atoms with E-state index >= 15 is 0 Å². The minimum atomic E-state index is -1.08. The first kappa shape index (κ1) is 65.2. The van der Waals surface area contributed by atoms with Gasteiger partial charge in [0.1, 0.15) is 29.5 Å². The van der Waals surface area contributed by atoms with Gasteiger partial charge < -0.3 is 44.4 Å². The highest BCUT2D eigenvalue weighted by Gasteiger charge is 2.48. The molecule has 4 aliphatic rings. The lowest BCUT2D eigenvalue weighted by Gasteiger charge is -2.41. The Bertz CT molecular complexity index is 4130. The van der Waals surface area contributed by atoms with E-state index in [0.29, 0.717) is 120 Å². The molecule has 0 radical (unpaired) electrons. The lowest BCUT2D eigenvalue weighted by Crippen LogP contribution is -2.58. The summed E-state index contributed by atoms with van der Waals surface area (Å²) < 4.78 is 30.1. The Balaban J connectivity index is 0.000000185. The molecule has 0 bridgehead atoms. The van der Waals surface area contributed by atoms with E-state index in [0.717, 1.165) is 55.8 Å². The van der Waals surface area contributed by atoms with Gasteiger partial charge in [-0.05, 0) is 150 Å². The van der Waals surface area contributed by atoms with E-state index in [9.17, 15) is 23.6 Å². The van der Waals surface area contributed by atoms with Gasteiger partial charge in [0.25, 0.3) is 5.91 Å². The number of hydrogen-bond acceptors (Lipinski definition) is 19. The van der Waals surface area contributed by atoms with Crippen molar-refractivity contribution in [3.8, 4) is 39.7 Å². The molecule has 4 atom stereocenters. The molecule has 0 saturated carbocycles. The number of aromatic amines is 2. The van der Waals surface area contributed by atoms with Crippen LogP contribution in [0.3, 0.4) is 0 Å². The van der Waals surface area contributed by atoms with Gasteiger partial charge in [-0.15, -0.1) is 0 Å². The maximum Gasteiger partial charge on any atom is 0.258 e. The van der Waals surface area contributed by atoms with Crippen molar-refractivity contribution in [3.05, 3.63) is 146 Å². The zero-order valence-electron chi connectivity index (χ0n) is 54.2. The predicted octanol–water partition coefficient (Wildman–Crippen LogP) is 6.71. The van der Waals surface area contributed by atoms with Gasteiger partial charge >= 0.3 is 0 Å². The number of nitrogens with zero attached hydrogens (tertiary/aromatic N) is 14. The zero-order valence-corrected chi connectivity index (χ0v) is 54.2. The third kappa shape index (κ3) is 14.5. The second-order valence-corrected chi connectivity index (χ2v) is 24.8. The number of nitrogens with one attached hydrogen (secondary N) is 4. The van der Waals surface area contributed by atoms with Gasteiger partial charge in [-0.25, -0.2) is 29.3 Å². The molecule has 26 heteroatoms. The highest BCUT2D eigenvalue weighted by atomic mass is 19.1. The van der Waals surface area contributed by atoms with E-state index < -0.39 is 11.1 Å². The number of ether oxygens (including phenoxy) is 3. The summed E-state index contributed by atoms with van der Waals surface area (Å²) in [5.41, 5.74) is 5.07. The largest absolute Gasteiger partial charge is 0.491 e. The average molecular weight is 1290 g/mol. The van der Waals surface area contributed by atoms with E-state index in [4.69, 9.17) is 14.2 Å². The number of benzene rings is 4. The number of likely N-dealkylation sites (N-methyl/N-ethyl adjacent to an activating group) is 1. The molecule has 4 N–H and O–H groups in total. The Morgan fingerprint density at radius 1 is 0.611 bits per heavy atom. The number of anilines is 4. The van der Waals surface area contributed by atoms with Crippen LogP contribution in [-0.2, 0) is 28.7 Å². The second kappa shape index (κ2) is 28.8. The SMILES string of the molecule is COCCOc1ccc(-c2n[nH]c3ccc(NC(=O)[C@]4(OC)CCN(CC(=O)N5CCN(c6ccc(-c7ncccn7)cn6)C[C@H]5C)C4)cc23)cc1.C[C@@H]1CN(c2ncccn2)CCN1C(=O)CN1CCC(C(=O)Nc2ccc3[nH]nc(-c4ccc(F)cc4)c3c2)(N(C)C)C1. The number of hydrogen-bond donors (Lipinski definition) is 4. The van der Waals surface area contributed by atoms with E-state index in [2.05, 4.69) is 77.6 Å². The Labute approximate surface area is 550 Å². The summed E-state index contributed by atoms with van der Waals surface area (Å²) in [6, 6.07) is 32.7. The number of pyridine rings is 1. The molecule has 4 fully saturated rings. The van der Waals surface area contributed by atoms with E-state index in [1.54, 1.807) is 69.5 Å². The lowest BCUT2D eigenvalue weighted by atomic mass is 9.95. The quantitative estimate of drug-likeness (QED) is 0.0613. The molecule has 9 heterocycles. The molecule has 9 aromatic rings. The number of halogens is 1. The third-order valence-electron chi connectivity index (χ3n) is 18.5. The molecule has 95 heavy (non-hydrogen) atoms. The summed E-state index contributed by atoms with van der Waals surface area (Å²) in [5, 5.41) is 22.9. The van der Waals surface area contributed by atoms with Crippen LogP contribution in [0.5, 0.6) is 5.75 Å². The van der Waals surface area contributed by atoms with Crippen molar-refractivity contribution in [2.75, 3.05) is 140 Å². The van der Waals surface area contributed by atoms with Gasteiger partial charge in [-0.2, -0.15) is 10.2 Å². The number of carbonyl (C=O) groups is 4. The van der Waals surface area contributed by atoms with Gasteiger partial charge in [0.05, 0.1) is 42.1 Å². The molecule has 5 aromatic heterocycles. The van der Waals surface area contributed by atoms with Crippen LogP contribution in [0, 0.1) is 5.82 Å². The third-order valence-corrected chi connectivity index (χ3v) is 18.5. The fourth-order valence-corrected chi connectivity index (χ4v) is 13.1. The molecular weight excluding hydrogens is 1210 g/mol. The fraction of sp³-hybridized carbons (Fsp3) is 0.377. The zero-order chi connectivity index (χ0) is 66.2. The molecule has 494 valence electrons. The number of piperazine rings is 2. The molecule has 0 spiro atoms. The van der Waals surface area contributed by atoms with Crippen molar-refractivity contribution in [1.82, 2.24) is 69.8 Å². The van der Waals surface area contributed by atoms with E-state index in [1.165, 1.54) is 12.1 Å². The molecule has 4 aliphatic heterocycles. The summed E-state index contributed by atoms with van der Waals surface area (Å²) in [6.07, 6.45) is 9.74. The van der Waals surface area contributed by atoms with Crippen molar-refractivity contribution in [3.63, 3.8) is 0 Å². The Kier molecular flexibility index (Phi) is 19.8. The van der Waals surface area contributed by atoms with Gasteiger partial charge in [0.2, 0.25) is 23.7 Å². The molecule has 4 aromatic carbocycles. The number of H-pyrrole nitrogens is 2. The first-order valence-corrected chi connectivity index (χ1v) is 31.9. The predicted molar refractivity (Wildman–Crippen MR) is 360 cm³/mol. The molecule has 13 rings (SSSR count). The van der Waals surface area contributed by atoms with Crippen molar-refractivity contribution in [2.24, 2.45) is 0 Å². The number of rotatable bonds is 19. The maximum absolute atomic E-state index is 13.8. The summed E-state index contributed by atoms with van der Waals surface area (Å²) in [7, 11) is 7.01. The van der Waals surface area contributed by atoms with Crippen LogP contribution >= 0.6 is 0 Å². The highest BCUT2D eigenvalue weighted by Crippen LogP contribution is 2.35. The molecule has 4 amide bonds. The minimum Gasteiger partial charge on any atom is -0.491 e. The van der Waals surface area contributed by atoms with Crippen LogP contribution < -0.4 is 25.2 Å². The topological polar surface area (TPSA) is 265 Å². The minimum absolute atomic E-state index is 0.00633. The average Bonchev–Trinajstić information content (AvgIpc) is 1.69. The smallest absolute Gasteiger partial charge is 0.258 e.